The molecule has 3 aromatic rings. The summed E-state index contributed by atoms with van der Waals surface area (Å²) >= 11 is 0. The molecular formula is C27H24O11. The Bertz CT molecular complexity index is 1290. The minimum Gasteiger partial charge on any atom is -0.504 e. The van der Waals surface area contributed by atoms with Crippen LogP contribution in [0.3, 0.4) is 0 Å². The van der Waals surface area contributed by atoms with Crippen LogP contribution in [-0.2, 0) is 9.47 Å². The van der Waals surface area contributed by atoms with Gasteiger partial charge < -0.3 is 48.8 Å². The molecule has 0 bridgehead atoms. The van der Waals surface area contributed by atoms with Crippen molar-refractivity contribution in [2.24, 2.45) is 11.8 Å². The van der Waals surface area contributed by atoms with Gasteiger partial charge in [0, 0.05) is 11.8 Å². The van der Waals surface area contributed by atoms with Crippen LogP contribution in [0.25, 0.3) is 0 Å². The van der Waals surface area contributed by atoms with Crippen molar-refractivity contribution in [2.75, 3.05) is 26.8 Å². The van der Waals surface area contributed by atoms with Crippen LogP contribution in [0.15, 0.2) is 48.5 Å². The topological polar surface area (TPSA) is 153 Å². The molecule has 7 rings (SSSR count). The molecule has 2 fully saturated rings. The lowest BCUT2D eigenvalue weighted by atomic mass is 9.85. The molecule has 4 atom stereocenters. The lowest BCUT2D eigenvalue weighted by Crippen LogP contribution is -2.14. The molecule has 11 nitrogen and oxygen atoms in total. The quantitative estimate of drug-likeness (QED) is 0.371. The second-order valence-electron chi connectivity index (χ2n) is 9.23. The van der Waals surface area contributed by atoms with Crippen LogP contribution in [0, 0.1) is 11.8 Å². The number of ether oxygens (including phenoxy) is 6. The Morgan fingerprint density at radius 2 is 1.11 bits per heavy atom. The molecule has 4 N–H and O–H groups in total. The Morgan fingerprint density at radius 1 is 0.658 bits per heavy atom. The number of carboxylic acids is 1. The molecule has 4 unspecified atom stereocenters. The zero-order valence-electron chi connectivity index (χ0n) is 19.9. The van der Waals surface area contributed by atoms with Gasteiger partial charge in [-0.15, -0.1) is 0 Å². The van der Waals surface area contributed by atoms with E-state index in [2.05, 4.69) is 12.1 Å². The second-order valence-corrected chi connectivity index (χ2v) is 9.23. The van der Waals surface area contributed by atoms with Gasteiger partial charge in [-0.2, -0.15) is 0 Å². The van der Waals surface area contributed by atoms with Crippen LogP contribution < -0.4 is 18.9 Å². The normalized spacial score (nSPS) is 24.0. The third-order valence-electron chi connectivity index (χ3n) is 7.03. The Morgan fingerprint density at radius 3 is 1.55 bits per heavy atom. The number of carboxylic acid groups (broad SMARTS) is 1. The molecule has 0 aliphatic carbocycles. The van der Waals surface area contributed by atoms with Crippen LogP contribution in [-0.4, -0.2) is 53.2 Å². The Labute approximate surface area is 216 Å². The standard InChI is InChI=1S/C20H18O6.C7H6O5/c1-3-15-17(25-9-23-15)5-11(1)19-13-7-22-20(14(13)8-21-19)12-2-4-16-18(6-12)26-10-24-16;8-4-1-3(7(11)12)2-5(9)6(4)10/h1-6,13-14,19-20H,7-10H2;1-2,8-10H,(H,11,12). The van der Waals surface area contributed by atoms with E-state index in [9.17, 15) is 4.79 Å². The molecule has 38 heavy (non-hydrogen) atoms. The lowest BCUT2D eigenvalue weighted by molar-refractivity contribution is 0.0192. The first-order chi connectivity index (χ1) is 18.4. The Balaban J connectivity index is 0.000000187. The molecule has 0 amide bonds. The highest BCUT2D eigenvalue weighted by atomic mass is 16.7. The summed E-state index contributed by atoms with van der Waals surface area (Å²) in [6.45, 7) is 1.93. The number of hydrogen-bond donors (Lipinski definition) is 4. The monoisotopic (exact) mass is 524 g/mol. The molecule has 0 saturated carbocycles. The summed E-state index contributed by atoms with van der Waals surface area (Å²) in [5.74, 6) is 0.493. The zero-order valence-corrected chi connectivity index (χ0v) is 19.9. The molecule has 4 heterocycles. The average molecular weight is 524 g/mol. The maximum atomic E-state index is 10.3. The maximum absolute atomic E-state index is 10.3. The van der Waals surface area contributed by atoms with Gasteiger partial charge in [0.2, 0.25) is 13.6 Å². The number of aromatic hydroxyl groups is 3. The van der Waals surface area contributed by atoms with Crippen molar-refractivity contribution in [2.45, 2.75) is 12.2 Å². The van der Waals surface area contributed by atoms with Crippen LogP contribution in [0.5, 0.6) is 40.2 Å². The van der Waals surface area contributed by atoms with Crippen molar-refractivity contribution in [1.29, 1.82) is 0 Å². The number of hydrogen-bond acceptors (Lipinski definition) is 10. The minimum atomic E-state index is -1.29. The summed E-state index contributed by atoms with van der Waals surface area (Å²) in [7, 11) is 0. The first-order valence-corrected chi connectivity index (χ1v) is 11.9. The number of benzene rings is 3. The SMILES string of the molecule is O=C(O)c1cc(O)c(O)c(O)c1.c1cc2c(cc1C1OCC3C(c4ccc5c(c4)OCO5)OCC13)OCO2. The molecule has 0 aromatic heterocycles. The number of carbonyl (C=O) groups is 1. The summed E-state index contributed by atoms with van der Waals surface area (Å²) < 4.78 is 34.2. The summed E-state index contributed by atoms with van der Waals surface area (Å²) in [5.41, 5.74) is 1.95. The average Bonchev–Trinajstić information content (AvgIpc) is 3.70. The summed E-state index contributed by atoms with van der Waals surface area (Å²) in [5, 5.41) is 35.0. The smallest absolute Gasteiger partial charge is 0.335 e. The predicted octanol–water partition coefficient (Wildman–Crippen LogP) is 3.72. The number of fused-ring (bicyclic) bond motifs is 3. The molecule has 4 aliphatic rings. The number of aromatic carboxylic acids is 1. The van der Waals surface area contributed by atoms with Gasteiger partial charge in [-0.1, -0.05) is 12.1 Å². The van der Waals surface area contributed by atoms with Gasteiger partial charge in [0.1, 0.15) is 0 Å². The van der Waals surface area contributed by atoms with Gasteiger partial charge in [-0.05, 0) is 47.5 Å². The number of phenolic OH excluding ortho intramolecular Hbond substituents is 3. The van der Waals surface area contributed by atoms with Gasteiger partial charge in [-0.25, -0.2) is 4.79 Å². The van der Waals surface area contributed by atoms with E-state index in [0.717, 1.165) is 46.3 Å². The fraction of sp³-hybridized carbons (Fsp3) is 0.296. The third-order valence-corrected chi connectivity index (χ3v) is 7.03. The summed E-state index contributed by atoms with van der Waals surface area (Å²) in [4.78, 5) is 10.3. The van der Waals surface area contributed by atoms with Crippen molar-refractivity contribution >= 4 is 5.97 Å². The largest absolute Gasteiger partial charge is 0.504 e. The summed E-state index contributed by atoms with van der Waals surface area (Å²) in [6.07, 6.45) is 0.0435. The van der Waals surface area contributed by atoms with E-state index in [1.807, 2.05) is 24.3 Å². The summed E-state index contributed by atoms with van der Waals surface area (Å²) in [6, 6.07) is 13.8. The highest BCUT2D eigenvalue weighted by Crippen LogP contribution is 2.52. The fourth-order valence-corrected chi connectivity index (χ4v) is 5.14. The van der Waals surface area contributed by atoms with E-state index in [-0.39, 0.29) is 31.4 Å². The van der Waals surface area contributed by atoms with Gasteiger partial charge in [0.05, 0.1) is 31.0 Å². The van der Waals surface area contributed by atoms with Crippen molar-refractivity contribution in [3.63, 3.8) is 0 Å². The van der Waals surface area contributed by atoms with Crippen molar-refractivity contribution < 1.29 is 53.6 Å². The maximum Gasteiger partial charge on any atom is 0.335 e. The van der Waals surface area contributed by atoms with E-state index in [1.165, 1.54) is 0 Å². The van der Waals surface area contributed by atoms with Gasteiger partial charge >= 0.3 is 5.97 Å². The van der Waals surface area contributed by atoms with E-state index >= 15 is 0 Å². The molecule has 11 heteroatoms. The van der Waals surface area contributed by atoms with Gasteiger partial charge in [-0.3, -0.25) is 0 Å². The molecule has 2 saturated heterocycles. The fourth-order valence-electron chi connectivity index (χ4n) is 5.14. The minimum absolute atomic E-state index is 0.0218. The number of phenols is 3. The van der Waals surface area contributed by atoms with Crippen LogP contribution in [0.1, 0.15) is 33.7 Å². The van der Waals surface area contributed by atoms with Crippen molar-refractivity contribution in [3.8, 4) is 40.2 Å². The van der Waals surface area contributed by atoms with E-state index in [1.54, 1.807) is 0 Å². The Hall–Kier alpha value is -4.35. The van der Waals surface area contributed by atoms with Gasteiger partial charge in [0.25, 0.3) is 0 Å². The van der Waals surface area contributed by atoms with Crippen LogP contribution in [0.2, 0.25) is 0 Å². The molecule has 198 valence electrons. The molecule has 4 aliphatic heterocycles. The van der Waals surface area contributed by atoms with Crippen molar-refractivity contribution in [1.82, 2.24) is 0 Å². The first-order valence-electron chi connectivity index (χ1n) is 11.9. The predicted molar refractivity (Wildman–Crippen MR) is 128 cm³/mol. The third kappa shape index (κ3) is 4.25. The Kier molecular flexibility index (Phi) is 6.01. The van der Waals surface area contributed by atoms with E-state index in [4.69, 9.17) is 48.8 Å². The van der Waals surface area contributed by atoms with E-state index < -0.39 is 23.2 Å². The molecule has 3 aromatic carbocycles. The first kappa shape index (κ1) is 24.0. The van der Waals surface area contributed by atoms with Crippen molar-refractivity contribution in [3.05, 3.63) is 65.2 Å². The molecular weight excluding hydrogens is 500 g/mol. The highest BCUT2D eigenvalue weighted by molar-refractivity contribution is 5.89. The molecule has 0 spiro atoms. The number of rotatable bonds is 3. The van der Waals surface area contributed by atoms with E-state index in [0.29, 0.717) is 25.0 Å². The highest BCUT2D eigenvalue weighted by Gasteiger charge is 2.48. The molecule has 0 radical (unpaired) electrons. The van der Waals surface area contributed by atoms with Crippen LogP contribution >= 0.6 is 0 Å². The zero-order chi connectivity index (χ0) is 26.4. The second kappa shape index (κ2) is 9.51. The van der Waals surface area contributed by atoms with Crippen LogP contribution in [0.4, 0.5) is 0 Å². The van der Waals surface area contributed by atoms with Gasteiger partial charge in [0.15, 0.2) is 40.2 Å². The lowest BCUT2D eigenvalue weighted by Gasteiger charge is -2.17.